The van der Waals surface area contributed by atoms with Crippen LogP contribution in [0.5, 0.6) is 0 Å². The van der Waals surface area contributed by atoms with Crippen LogP contribution in [0, 0.1) is 58.2 Å². The van der Waals surface area contributed by atoms with E-state index in [1.54, 1.807) is 0 Å². The van der Waals surface area contributed by atoms with Gasteiger partial charge in [0.05, 0.1) is 6.10 Å². The Bertz CT molecular complexity index is 695. The van der Waals surface area contributed by atoms with Gasteiger partial charge in [-0.3, -0.25) is 4.79 Å². The number of allylic oxidation sites excluding steroid dienone is 2. The molecule has 0 heterocycles. The van der Waals surface area contributed by atoms with Crippen LogP contribution in [-0.4, -0.2) is 17.0 Å². The summed E-state index contributed by atoms with van der Waals surface area (Å²) in [6.07, 6.45) is 14.8. The van der Waals surface area contributed by atoms with Gasteiger partial charge in [-0.15, -0.1) is 0 Å². The van der Waals surface area contributed by atoms with Crippen LogP contribution in [0.15, 0.2) is 12.2 Å². The average molecular weight is 429 g/mol. The Hall–Kier alpha value is -0.630. The number of aliphatic hydroxyl groups is 1. The maximum Gasteiger partial charge on any atom is 0.136 e. The van der Waals surface area contributed by atoms with E-state index in [9.17, 15) is 9.90 Å². The van der Waals surface area contributed by atoms with Gasteiger partial charge in [-0.25, -0.2) is 0 Å². The molecular formula is C29H48O2. The quantitative estimate of drug-likeness (QED) is 0.476. The highest BCUT2D eigenvalue weighted by Gasteiger charge is 2.62. The molecule has 4 unspecified atom stereocenters. The lowest BCUT2D eigenvalue weighted by atomic mass is 9.44. The molecule has 0 aromatic rings. The fourth-order valence-electron chi connectivity index (χ4n) is 9.21. The van der Waals surface area contributed by atoms with Gasteiger partial charge in [-0.05, 0) is 104 Å². The molecule has 31 heavy (non-hydrogen) atoms. The van der Waals surface area contributed by atoms with E-state index in [-0.39, 0.29) is 17.4 Å². The lowest BCUT2D eigenvalue weighted by molar-refractivity contribution is -0.159. The van der Waals surface area contributed by atoms with Crippen LogP contribution in [0.2, 0.25) is 0 Å². The molecule has 176 valence electrons. The maximum atomic E-state index is 13.3. The third-order valence-corrected chi connectivity index (χ3v) is 11.1. The summed E-state index contributed by atoms with van der Waals surface area (Å²) in [5.41, 5.74) is 0.526. The minimum absolute atomic E-state index is 0.114. The van der Waals surface area contributed by atoms with Crippen molar-refractivity contribution in [1.82, 2.24) is 0 Å². The molecule has 0 aromatic carbocycles. The predicted molar refractivity (Wildman–Crippen MR) is 129 cm³/mol. The van der Waals surface area contributed by atoms with Crippen LogP contribution in [0.4, 0.5) is 0 Å². The van der Waals surface area contributed by atoms with Gasteiger partial charge in [0, 0.05) is 12.3 Å². The molecule has 4 rings (SSSR count). The first-order valence-corrected chi connectivity index (χ1v) is 13.5. The summed E-state index contributed by atoms with van der Waals surface area (Å²) in [6.45, 7) is 14.5. The summed E-state index contributed by atoms with van der Waals surface area (Å²) in [5, 5.41) is 10.2. The molecule has 0 aromatic heterocycles. The van der Waals surface area contributed by atoms with Crippen LogP contribution in [-0.2, 0) is 4.79 Å². The van der Waals surface area contributed by atoms with Crippen molar-refractivity contribution >= 4 is 5.78 Å². The number of hydrogen-bond donors (Lipinski definition) is 1. The topological polar surface area (TPSA) is 37.3 Å². The molecule has 1 N–H and O–H groups in total. The van der Waals surface area contributed by atoms with Gasteiger partial charge in [-0.2, -0.15) is 0 Å². The number of aliphatic hydroxyl groups excluding tert-OH is 1. The Morgan fingerprint density at radius 2 is 1.68 bits per heavy atom. The van der Waals surface area contributed by atoms with E-state index >= 15 is 0 Å². The fourth-order valence-corrected chi connectivity index (χ4v) is 9.21. The van der Waals surface area contributed by atoms with Gasteiger partial charge in [0.1, 0.15) is 5.78 Å². The van der Waals surface area contributed by atoms with Crippen molar-refractivity contribution in [2.75, 3.05) is 0 Å². The van der Waals surface area contributed by atoms with E-state index in [2.05, 4.69) is 53.7 Å². The van der Waals surface area contributed by atoms with E-state index in [1.165, 1.54) is 32.1 Å². The summed E-state index contributed by atoms with van der Waals surface area (Å²) >= 11 is 0. The van der Waals surface area contributed by atoms with Gasteiger partial charge in [-0.1, -0.05) is 53.7 Å². The molecule has 4 aliphatic carbocycles. The van der Waals surface area contributed by atoms with Crippen LogP contribution in [0.1, 0.15) is 99.3 Å². The van der Waals surface area contributed by atoms with Crippen molar-refractivity contribution in [2.24, 2.45) is 58.2 Å². The van der Waals surface area contributed by atoms with Crippen LogP contribution in [0.25, 0.3) is 0 Å². The molecule has 0 bridgehead atoms. The van der Waals surface area contributed by atoms with Crippen LogP contribution < -0.4 is 0 Å². The molecule has 0 radical (unpaired) electrons. The molecular weight excluding hydrogens is 380 g/mol. The molecule has 0 aliphatic heterocycles. The van der Waals surface area contributed by atoms with Crippen molar-refractivity contribution in [3.63, 3.8) is 0 Å². The van der Waals surface area contributed by atoms with E-state index in [0.29, 0.717) is 46.7 Å². The zero-order valence-electron chi connectivity index (χ0n) is 21.1. The number of Topliss-reactive ketones (excluding diaryl/α,β-unsaturated/α-hetero) is 1. The molecule has 2 heteroatoms. The van der Waals surface area contributed by atoms with Crippen LogP contribution in [0.3, 0.4) is 0 Å². The molecule has 0 spiro atoms. The number of carbonyl (C=O) groups excluding carboxylic acids is 1. The summed E-state index contributed by atoms with van der Waals surface area (Å²) in [5.74, 6) is 5.38. The molecule has 4 aliphatic rings. The summed E-state index contributed by atoms with van der Waals surface area (Å²) in [7, 11) is 0. The van der Waals surface area contributed by atoms with Gasteiger partial charge >= 0.3 is 0 Å². The molecule has 0 amide bonds. The molecule has 4 fully saturated rings. The molecule has 4 saturated carbocycles. The van der Waals surface area contributed by atoms with E-state index < -0.39 is 0 Å². The second-order valence-corrected chi connectivity index (χ2v) is 12.8. The Balaban J connectivity index is 1.53. The van der Waals surface area contributed by atoms with Crippen molar-refractivity contribution in [2.45, 2.75) is 105 Å². The first kappa shape index (κ1) is 23.5. The minimum Gasteiger partial charge on any atom is -0.393 e. The monoisotopic (exact) mass is 428 g/mol. The first-order chi connectivity index (χ1) is 14.6. The smallest absolute Gasteiger partial charge is 0.136 e. The Kier molecular flexibility index (Phi) is 6.54. The number of hydrogen-bond acceptors (Lipinski definition) is 2. The number of rotatable bonds is 5. The van der Waals surface area contributed by atoms with Gasteiger partial charge in [0.25, 0.3) is 0 Å². The molecule has 0 saturated heterocycles. The van der Waals surface area contributed by atoms with E-state index in [0.717, 1.165) is 31.6 Å². The summed E-state index contributed by atoms with van der Waals surface area (Å²) in [4.78, 5) is 13.3. The zero-order valence-corrected chi connectivity index (χ0v) is 21.1. The lowest BCUT2D eigenvalue weighted by Crippen LogP contribution is -2.57. The van der Waals surface area contributed by atoms with Gasteiger partial charge < -0.3 is 5.11 Å². The normalized spacial score (nSPS) is 47.2. The second kappa shape index (κ2) is 8.62. The van der Waals surface area contributed by atoms with Crippen molar-refractivity contribution in [3.8, 4) is 0 Å². The number of carbonyl (C=O) groups is 1. The van der Waals surface area contributed by atoms with E-state index in [1.807, 2.05) is 0 Å². The maximum absolute atomic E-state index is 13.3. The summed E-state index contributed by atoms with van der Waals surface area (Å²) in [6, 6.07) is 0. The van der Waals surface area contributed by atoms with E-state index in [4.69, 9.17) is 0 Å². The standard InChI is InChI=1S/C29H48O2/c1-7-20(18(2)3)9-8-19(4)23-10-11-24-22-17-27(31)26-16-21(30)12-14-29(26,6)25(22)13-15-28(23,24)5/h8-9,18-26,30H,7,10-17H2,1-6H3/b9-8+/t19-,20-,21+,22?,23-,24?,25?,26?,28-,29-/m1/s1. The van der Waals surface area contributed by atoms with Crippen molar-refractivity contribution in [3.05, 3.63) is 12.2 Å². The van der Waals surface area contributed by atoms with Gasteiger partial charge in [0.2, 0.25) is 0 Å². The van der Waals surface area contributed by atoms with Crippen molar-refractivity contribution in [1.29, 1.82) is 0 Å². The highest BCUT2D eigenvalue weighted by atomic mass is 16.3. The largest absolute Gasteiger partial charge is 0.393 e. The van der Waals surface area contributed by atoms with Crippen molar-refractivity contribution < 1.29 is 9.90 Å². The first-order valence-electron chi connectivity index (χ1n) is 13.5. The highest BCUT2D eigenvalue weighted by Crippen LogP contribution is 2.67. The Morgan fingerprint density at radius 1 is 1.00 bits per heavy atom. The minimum atomic E-state index is -0.256. The fraction of sp³-hybridized carbons (Fsp3) is 0.897. The van der Waals surface area contributed by atoms with Gasteiger partial charge in [0.15, 0.2) is 0 Å². The molecule has 2 nitrogen and oxygen atoms in total. The Morgan fingerprint density at radius 3 is 2.35 bits per heavy atom. The predicted octanol–water partition coefficient (Wildman–Crippen LogP) is 7.06. The third-order valence-electron chi connectivity index (χ3n) is 11.1. The Labute approximate surface area is 191 Å². The average Bonchev–Trinajstić information content (AvgIpc) is 3.07. The third kappa shape index (κ3) is 3.87. The highest BCUT2D eigenvalue weighted by molar-refractivity contribution is 5.83. The zero-order chi connectivity index (χ0) is 22.6. The lowest BCUT2D eigenvalue weighted by Gasteiger charge is -2.60. The summed E-state index contributed by atoms with van der Waals surface area (Å²) < 4.78 is 0. The number of ketones is 1. The number of fused-ring (bicyclic) bond motifs is 5. The second-order valence-electron chi connectivity index (χ2n) is 12.8. The van der Waals surface area contributed by atoms with Crippen LogP contribution >= 0.6 is 0 Å². The molecule has 10 atom stereocenters. The SMILES string of the molecule is CC[C@H](/C=C/[C@@H](C)[C@H]1CCC2C3CC(=O)C4C[C@@H](O)CC[C@]4(C)C3CC[C@@]21C)C(C)C.